The zero-order chi connectivity index (χ0) is 22.0. The topological polar surface area (TPSA) is 99.8 Å². The van der Waals surface area contributed by atoms with E-state index in [2.05, 4.69) is 15.6 Å². The summed E-state index contributed by atoms with van der Waals surface area (Å²) < 4.78 is 42.0. The molecule has 0 amide bonds. The number of anilines is 2. The number of aromatic nitrogens is 2. The molecule has 0 saturated heterocycles. The molecular formula is C22H19ClFN5O2S. The fraction of sp³-hybridized carbons (Fsp3) is 0.0909. The molecule has 0 saturated carbocycles. The summed E-state index contributed by atoms with van der Waals surface area (Å²) in [4.78, 5) is 3.98. The molecule has 0 aliphatic heterocycles. The molecule has 32 heavy (non-hydrogen) atoms. The van der Waals surface area contributed by atoms with Gasteiger partial charge in [0.15, 0.2) is 0 Å². The molecule has 10 heteroatoms. The summed E-state index contributed by atoms with van der Waals surface area (Å²) >= 11 is 0. The number of nitrogens with zero attached hydrogens (tertiary/aromatic N) is 3. The quantitative estimate of drug-likeness (QED) is 0.438. The molecule has 0 atom stereocenters. The van der Waals surface area contributed by atoms with Crippen molar-refractivity contribution in [3.8, 4) is 6.07 Å². The maximum atomic E-state index is 14.3. The molecule has 2 N–H and O–H groups in total. The number of fused-ring (bicyclic) bond motifs is 1. The third-order valence-electron chi connectivity index (χ3n) is 4.79. The Morgan fingerprint density at radius 1 is 1.19 bits per heavy atom. The Morgan fingerprint density at radius 3 is 2.66 bits per heavy atom. The SMILES string of the molecule is CNCc1cn(S(=O)(=O)c2cccnc2)c2cc(Nc3ccc(C#N)cc3F)ccc12.Cl. The molecule has 0 unspecified atom stereocenters. The van der Waals surface area contributed by atoms with Gasteiger partial charge in [0.1, 0.15) is 10.7 Å². The number of hydrogen-bond donors (Lipinski definition) is 2. The molecule has 2 aromatic carbocycles. The van der Waals surface area contributed by atoms with Crippen LogP contribution in [0.4, 0.5) is 15.8 Å². The van der Waals surface area contributed by atoms with Crippen LogP contribution >= 0.6 is 12.4 Å². The molecular weight excluding hydrogens is 453 g/mol. The minimum atomic E-state index is -3.88. The van der Waals surface area contributed by atoms with Gasteiger partial charge in [0.05, 0.1) is 22.8 Å². The lowest BCUT2D eigenvalue weighted by molar-refractivity contribution is 0.588. The van der Waals surface area contributed by atoms with Crippen LogP contribution in [0.15, 0.2) is 72.0 Å². The van der Waals surface area contributed by atoms with Crippen molar-refractivity contribution < 1.29 is 12.8 Å². The molecule has 0 bridgehead atoms. The lowest BCUT2D eigenvalue weighted by Crippen LogP contribution is -2.12. The Balaban J connectivity index is 0.00000289. The zero-order valence-electron chi connectivity index (χ0n) is 16.9. The van der Waals surface area contributed by atoms with E-state index < -0.39 is 15.8 Å². The van der Waals surface area contributed by atoms with Crippen LogP contribution in [0.2, 0.25) is 0 Å². The monoisotopic (exact) mass is 471 g/mol. The first-order valence-electron chi connectivity index (χ1n) is 9.35. The fourth-order valence-corrected chi connectivity index (χ4v) is 4.68. The summed E-state index contributed by atoms with van der Waals surface area (Å²) in [7, 11) is -2.10. The zero-order valence-corrected chi connectivity index (χ0v) is 18.5. The molecule has 0 aliphatic carbocycles. The van der Waals surface area contributed by atoms with Crippen molar-refractivity contribution in [1.29, 1.82) is 5.26 Å². The highest BCUT2D eigenvalue weighted by atomic mass is 35.5. The van der Waals surface area contributed by atoms with E-state index in [1.807, 2.05) is 6.07 Å². The first-order valence-corrected chi connectivity index (χ1v) is 10.8. The lowest BCUT2D eigenvalue weighted by Gasteiger charge is -2.10. The highest BCUT2D eigenvalue weighted by Gasteiger charge is 2.21. The molecule has 7 nitrogen and oxygen atoms in total. The van der Waals surface area contributed by atoms with E-state index in [-0.39, 0.29) is 28.6 Å². The number of hydrogen-bond acceptors (Lipinski definition) is 6. The van der Waals surface area contributed by atoms with Crippen LogP contribution in [-0.2, 0) is 16.6 Å². The first kappa shape index (κ1) is 23.2. The highest BCUT2D eigenvalue weighted by molar-refractivity contribution is 7.90. The Bertz CT molecular complexity index is 1420. The van der Waals surface area contributed by atoms with E-state index >= 15 is 0 Å². The Hall–Kier alpha value is -3.45. The third kappa shape index (κ3) is 4.29. The van der Waals surface area contributed by atoms with Crippen LogP contribution in [0.1, 0.15) is 11.1 Å². The van der Waals surface area contributed by atoms with Crippen molar-refractivity contribution in [3.63, 3.8) is 0 Å². The van der Waals surface area contributed by atoms with Crippen LogP contribution in [0.5, 0.6) is 0 Å². The van der Waals surface area contributed by atoms with Gasteiger partial charge in [-0.15, -0.1) is 12.4 Å². The molecule has 0 aliphatic rings. The number of nitrogens with one attached hydrogen (secondary N) is 2. The molecule has 4 rings (SSSR count). The normalized spacial score (nSPS) is 11.0. The van der Waals surface area contributed by atoms with Crippen molar-refractivity contribution >= 4 is 44.7 Å². The minimum absolute atomic E-state index is 0. The van der Waals surface area contributed by atoms with Gasteiger partial charge in [-0.1, -0.05) is 6.07 Å². The molecule has 164 valence electrons. The van der Waals surface area contributed by atoms with Crippen molar-refractivity contribution in [1.82, 2.24) is 14.3 Å². The highest BCUT2D eigenvalue weighted by Crippen LogP contribution is 2.30. The second-order valence-corrected chi connectivity index (χ2v) is 8.65. The van der Waals surface area contributed by atoms with Crippen LogP contribution in [0, 0.1) is 17.1 Å². The number of benzene rings is 2. The first-order chi connectivity index (χ1) is 14.9. The largest absolute Gasteiger partial charge is 0.353 e. The maximum absolute atomic E-state index is 14.3. The summed E-state index contributed by atoms with van der Waals surface area (Å²) in [5, 5.41) is 15.7. The second-order valence-electron chi connectivity index (χ2n) is 6.84. The standard InChI is InChI=1S/C22H18FN5O2S.ClH/c1-25-12-16-14-28(31(29,30)18-3-2-8-26-13-18)22-10-17(5-6-19(16)22)27-21-7-4-15(11-24)9-20(21)23;/h2-10,13-14,25,27H,12H2,1H3;1H. The summed E-state index contributed by atoms with van der Waals surface area (Å²) in [5.74, 6) is -0.576. The molecule has 2 heterocycles. The van der Waals surface area contributed by atoms with Crippen molar-refractivity contribution in [2.45, 2.75) is 11.4 Å². The summed E-state index contributed by atoms with van der Waals surface area (Å²) in [6.07, 6.45) is 4.39. The molecule has 0 radical (unpaired) electrons. The van der Waals surface area contributed by atoms with Gasteiger partial charge >= 0.3 is 0 Å². The predicted octanol–water partition coefficient (Wildman–Crippen LogP) is 4.17. The van der Waals surface area contributed by atoms with Gasteiger partial charge in [0.2, 0.25) is 0 Å². The van der Waals surface area contributed by atoms with Crippen molar-refractivity contribution in [3.05, 3.63) is 84.1 Å². The predicted molar refractivity (Wildman–Crippen MR) is 123 cm³/mol. The van der Waals surface area contributed by atoms with Crippen LogP contribution in [0.25, 0.3) is 10.9 Å². The second kappa shape index (κ2) is 9.36. The molecule has 2 aromatic heterocycles. The lowest BCUT2D eigenvalue weighted by atomic mass is 10.1. The van der Waals surface area contributed by atoms with Gasteiger partial charge in [-0.2, -0.15) is 5.26 Å². The smallest absolute Gasteiger partial charge is 0.269 e. The van der Waals surface area contributed by atoms with Crippen LogP contribution in [-0.4, -0.2) is 24.4 Å². The average Bonchev–Trinajstić information content (AvgIpc) is 3.14. The van der Waals surface area contributed by atoms with Crippen molar-refractivity contribution in [2.24, 2.45) is 0 Å². The summed E-state index contributed by atoms with van der Waals surface area (Å²) in [6.45, 7) is 0.475. The molecule has 0 fully saturated rings. The number of pyridine rings is 1. The minimum Gasteiger partial charge on any atom is -0.353 e. The Morgan fingerprint density at radius 2 is 2.00 bits per heavy atom. The van der Waals surface area contributed by atoms with E-state index in [4.69, 9.17) is 5.26 Å². The Labute approximate surface area is 191 Å². The number of halogens is 2. The third-order valence-corrected chi connectivity index (χ3v) is 6.45. The van der Waals surface area contributed by atoms with Gasteiger partial charge < -0.3 is 10.6 Å². The number of rotatable bonds is 6. The van der Waals surface area contributed by atoms with Gasteiger partial charge in [-0.3, -0.25) is 4.98 Å². The van der Waals surface area contributed by atoms with E-state index in [1.165, 1.54) is 34.6 Å². The van der Waals surface area contributed by atoms with Gasteiger partial charge in [-0.05, 0) is 55.1 Å². The van der Waals surface area contributed by atoms with Gasteiger partial charge in [0.25, 0.3) is 10.0 Å². The van der Waals surface area contributed by atoms with Crippen LogP contribution < -0.4 is 10.6 Å². The fourth-order valence-electron chi connectivity index (χ4n) is 3.33. The molecule has 0 spiro atoms. The molecule has 4 aromatic rings. The summed E-state index contributed by atoms with van der Waals surface area (Å²) in [5.41, 5.74) is 2.16. The Kier molecular flexibility index (Phi) is 6.79. The van der Waals surface area contributed by atoms with E-state index in [9.17, 15) is 12.8 Å². The maximum Gasteiger partial charge on any atom is 0.269 e. The van der Waals surface area contributed by atoms with Crippen molar-refractivity contribution in [2.75, 3.05) is 12.4 Å². The summed E-state index contributed by atoms with van der Waals surface area (Å²) in [6, 6.07) is 14.2. The van der Waals surface area contributed by atoms with E-state index in [0.717, 1.165) is 17.0 Å². The van der Waals surface area contributed by atoms with Gasteiger partial charge in [0, 0.05) is 36.2 Å². The van der Waals surface area contributed by atoms with E-state index in [1.54, 1.807) is 37.5 Å². The van der Waals surface area contributed by atoms with E-state index in [0.29, 0.717) is 17.7 Å². The van der Waals surface area contributed by atoms with Gasteiger partial charge in [-0.25, -0.2) is 16.8 Å². The average molecular weight is 472 g/mol. The van der Waals surface area contributed by atoms with Crippen LogP contribution in [0.3, 0.4) is 0 Å². The number of nitriles is 1.